The predicted octanol–water partition coefficient (Wildman–Crippen LogP) is 2.72. The van der Waals surface area contributed by atoms with E-state index in [0.717, 1.165) is 0 Å². The normalized spacial score (nSPS) is 10.9. The monoisotopic (exact) mass is 396 g/mol. The molecular weight excluding hydrogens is 378 g/mol. The third kappa shape index (κ3) is 4.11. The van der Waals surface area contributed by atoms with Gasteiger partial charge in [-0.1, -0.05) is 13.8 Å². The van der Waals surface area contributed by atoms with Crippen molar-refractivity contribution in [2.75, 3.05) is 12.3 Å². The minimum Gasteiger partial charge on any atom is -0.488 e. The summed E-state index contributed by atoms with van der Waals surface area (Å²) in [5, 5.41) is 18.7. The Hall–Kier alpha value is -3.43. The van der Waals surface area contributed by atoms with Crippen molar-refractivity contribution in [1.29, 1.82) is 0 Å². The Morgan fingerprint density at radius 1 is 1.14 bits per heavy atom. The van der Waals surface area contributed by atoms with Crippen LogP contribution in [0.3, 0.4) is 0 Å². The SMILES string of the molecule is CC(C)CCOc1c(F)cc(-c2c(C(=O)O)c(N)[nH]c(=O)c2C(=O)O)cc1F. The van der Waals surface area contributed by atoms with Gasteiger partial charge in [0.2, 0.25) is 0 Å². The number of aromatic amines is 1. The summed E-state index contributed by atoms with van der Waals surface area (Å²) in [5.41, 5.74) is 1.32. The lowest BCUT2D eigenvalue weighted by Crippen LogP contribution is -2.24. The molecule has 0 saturated heterocycles. The topological polar surface area (TPSA) is 143 Å². The van der Waals surface area contributed by atoms with Crippen LogP contribution in [-0.2, 0) is 0 Å². The molecule has 8 nitrogen and oxygen atoms in total. The Balaban J connectivity index is 2.70. The molecule has 28 heavy (non-hydrogen) atoms. The maximum atomic E-state index is 14.4. The summed E-state index contributed by atoms with van der Waals surface area (Å²) in [5.74, 6) is -6.90. The summed E-state index contributed by atoms with van der Waals surface area (Å²) < 4.78 is 33.9. The quantitative estimate of drug-likeness (QED) is 0.563. The average molecular weight is 396 g/mol. The summed E-state index contributed by atoms with van der Waals surface area (Å²) in [6.45, 7) is 3.85. The van der Waals surface area contributed by atoms with Crippen LogP contribution in [-0.4, -0.2) is 33.7 Å². The Labute approximate surface area is 157 Å². The van der Waals surface area contributed by atoms with Gasteiger partial charge in [0.1, 0.15) is 16.9 Å². The van der Waals surface area contributed by atoms with Crippen LogP contribution in [0, 0.1) is 17.6 Å². The van der Waals surface area contributed by atoms with Crippen molar-refractivity contribution in [3.8, 4) is 16.9 Å². The molecule has 0 aliphatic heterocycles. The van der Waals surface area contributed by atoms with Gasteiger partial charge < -0.3 is 25.7 Å². The zero-order chi connectivity index (χ0) is 21.2. The van der Waals surface area contributed by atoms with Crippen molar-refractivity contribution in [3.05, 3.63) is 45.2 Å². The zero-order valence-electron chi connectivity index (χ0n) is 15.0. The van der Waals surface area contributed by atoms with Crippen LogP contribution in [0.15, 0.2) is 16.9 Å². The number of nitrogens with one attached hydrogen (secondary N) is 1. The Morgan fingerprint density at radius 3 is 2.14 bits per heavy atom. The van der Waals surface area contributed by atoms with Crippen molar-refractivity contribution in [2.24, 2.45) is 5.92 Å². The van der Waals surface area contributed by atoms with E-state index in [0.29, 0.717) is 18.6 Å². The molecule has 0 amide bonds. The molecule has 0 unspecified atom stereocenters. The van der Waals surface area contributed by atoms with Gasteiger partial charge in [-0.15, -0.1) is 0 Å². The average Bonchev–Trinajstić information content (AvgIpc) is 2.55. The fraction of sp³-hybridized carbons (Fsp3) is 0.278. The highest BCUT2D eigenvalue weighted by atomic mass is 19.1. The molecule has 1 aromatic heterocycles. The van der Waals surface area contributed by atoms with Gasteiger partial charge in [-0.25, -0.2) is 18.4 Å². The molecule has 10 heteroatoms. The van der Waals surface area contributed by atoms with Crippen LogP contribution in [0.1, 0.15) is 41.0 Å². The van der Waals surface area contributed by atoms with E-state index in [1.807, 2.05) is 18.8 Å². The van der Waals surface area contributed by atoms with Gasteiger partial charge in [-0.3, -0.25) is 4.79 Å². The molecule has 0 fully saturated rings. The maximum Gasteiger partial charge on any atom is 0.342 e. The second kappa shape index (κ2) is 8.07. The highest BCUT2D eigenvalue weighted by molar-refractivity contribution is 6.07. The number of carboxylic acid groups (broad SMARTS) is 2. The Morgan fingerprint density at radius 2 is 1.68 bits per heavy atom. The number of ether oxygens (including phenoxy) is 1. The first-order valence-electron chi connectivity index (χ1n) is 8.19. The number of aromatic nitrogens is 1. The van der Waals surface area contributed by atoms with E-state index in [1.165, 1.54) is 0 Å². The standard InChI is InChI=1S/C18H18F2N2O6/c1-7(2)3-4-28-14-9(19)5-8(6-10(14)20)11-12(17(24)25)15(21)22-16(23)13(11)18(26)27/h5-7H,3-4H2,1-2H3,(H,24,25)(H,26,27)(H3,21,22,23). The molecule has 1 aromatic carbocycles. The van der Waals surface area contributed by atoms with Gasteiger partial charge >= 0.3 is 11.9 Å². The number of benzene rings is 1. The number of halogens is 2. The molecule has 0 bridgehead atoms. The van der Waals surface area contributed by atoms with Gasteiger partial charge in [-0.2, -0.15) is 0 Å². The maximum absolute atomic E-state index is 14.4. The number of nitrogen functional groups attached to an aromatic ring is 1. The van der Waals surface area contributed by atoms with Gasteiger partial charge in [-0.05, 0) is 30.0 Å². The van der Waals surface area contributed by atoms with Crippen molar-refractivity contribution in [2.45, 2.75) is 20.3 Å². The third-order valence-corrected chi connectivity index (χ3v) is 3.90. The lowest BCUT2D eigenvalue weighted by molar-refractivity contribution is 0.0695. The Bertz CT molecular complexity index is 977. The van der Waals surface area contributed by atoms with E-state index >= 15 is 0 Å². The molecule has 5 N–H and O–H groups in total. The summed E-state index contributed by atoms with van der Waals surface area (Å²) >= 11 is 0. The molecule has 0 aliphatic carbocycles. The number of pyridine rings is 1. The summed E-state index contributed by atoms with van der Waals surface area (Å²) in [7, 11) is 0. The minimum absolute atomic E-state index is 0.0452. The van der Waals surface area contributed by atoms with Gasteiger partial charge in [0.05, 0.1) is 6.61 Å². The van der Waals surface area contributed by atoms with E-state index in [1.54, 1.807) is 0 Å². The van der Waals surface area contributed by atoms with Crippen molar-refractivity contribution >= 4 is 17.8 Å². The summed E-state index contributed by atoms with van der Waals surface area (Å²) in [4.78, 5) is 36.9. The number of nitrogens with two attached hydrogens (primary N) is 1. The van der Waals surface area contributed by atoms with E-state index in [4.69, 9.17) is 10.5 Å². The fourth-order valence-electron chi connectivity index (χ4n) is 2.57. The van der Waals surface area contributed by atoms with Crippen LogP contribution in [0.5, 0.6) is 5.75 Å². The zero-order valence-corrected chi connectivity index (χ0v) is 15.0. The molecule has 0 radical (unpaired) electrons. The van der Waals surface area contributed by atoms with E-state index in [9.17, 15) is 33.4 Å². The number of anilines is 1. The smallest absolute Gasteiger partial charge is 0.342 e. The number of hydrogen-bond donors (Lipinski definition) is 4. The van der Waals surface area contributed by atoms with Crippen LogP contribution < -0.4 is 16.0 Å². The molecule has 2 rings (SSSR count). The number of carboxylic acids is 2. The largest absolute Gasteiger partial charge is 0.488 e. The first kappa shape index (κ1) is 20.9. The molecule has 2 aromatic rings. The predicted molar refractivity (Wildman–Crippen MR) is 95.7 cm³/mol. The molecule has 0 atom stereocenters. The van der Waals surface area contributed by atoms with Crippen molar-refractivity contribution < 1.29 is 33.3 Å². The second-order valence-electron chi connectivity index (χ2n) is 6.40. The van der Waals surface area contributed by atoms with Gasteiger partial charge in [0.15, 0.2) is 17.4 Å². The number of hydrogen-bond acceptors (Lipinski definition) is 5. The van der Waals surface area contributed by atoms with Crippen LogP contribution in [0.4, 0.5) is 14.6 Å². The first-order valence-corrected chi connectivity index (χ1v) is 8.19. The number of rotatable bonds is 7. The molecule has 0 aliphatic rings. The fourth-order valence-corrected chi connectivity index (χ4v) is 2.57. The molecular formula is C18H18F2N2O6. The lowest BCUT2D eigenvalue weighted by atomic mass is 9.95. The third-order valence-electron chi connectivity index (χ3n) is 3.90. The number of H-pyrrole nitrogens is 1. The van der Waals surface area contributed by atoms with E-state index in [2.05, 4.69) is 0 Å². The van der Waals surface area contributed by atoms with E-state index < -0.39 is 63.0 Å². The van der Waals surface area contributed by atoms with Gasteiger partial charge in [0, 0.05) is 5.56 Å². The molecule has 150 valence electrons. The highest BCUT2D eigenvalue weighted by Crippen LogP contribution is 2.34. The van der Waals surface area contributed by atoms with E-state index in [-0.39, 0.29) is 12.5 Å². The van der Waals surface area contributed by atoms with Crippen LogP contribution in [0.2, 0.25) is 0 Å². The van der Waals surface area contributed by atoms with Crippen molar-refractivity contribution in [3.63, 3.8) is 0 Å². The second-order valence-corrected chi connectivity index (χ2v) is 6.40. The van der Waals surface area contributed by atoms with Gasteiger partial charge in [0.25, 0.3) is 5.56 Å². The van der Waals surface area contributed by atoms with Crippen LogP contribution in [0.25, 0.3) is 11.1 Å². The summed E-state index contributed by atoms with van der Waals surface area (Å²) in [6.07, 6.45) is 0.539. The Kier molecular flexibility index (Phi) is 6.02. The highest BCUT2D eigenvalue weighted by Gasteiger charge is 2.28. The number of carbonyl (C=O) groups is 2. The molecule has 0 saturated carbocycles. The number of aromatic carboxylic acids is 2. The van der Waals surface area contributed by atoms with Crippen LogP contribution >= 0.6 is 0 Å². The minimum atomic E-state index is -1.78. The molecule has 0 spiro atoms. The molecule has 1 heterocycles. The first-order chi connectivity index (χ1) is 13.0. The summed E-state index contributed by atoms with van der Waals surface area (Å²) in [6, 6.07) is 1.39. The lowest BCUT2D eigenvalue weighted by Gasteiger charge is -2.14. The van der Waals surface area contributed by atoms with Crippen molar-refractivity contribution in [1.82, 2.24) is 4.98 Å².